The zero-order valence-corrected chi connectivity index (χ0v) is 26.3. The number of aliphatic carboxylic acids is 3. The van der Waals surface area contributed by atoms with Crippen LogP contribution in [-0.2, 0) is 24.0 Å². The number of nitrogens with two attached hydrogens (primary N) is 1. The van der Waals surface area contributed by atoms with Gasteiger partial charge in [-0.2, -0.15) is 0 Å². The van der Waals surface area contributed by atoms with Gasteiger partial charge >= 0.3 is 39.9 Å². The van der Waals surface area contributed by atoms with Crippen molar-refractivity contribution in [2.45, 2.75) is 25.7 Å². The minimum atomic E-state index is -1.28. The van der Waals surface area contributed by atoms with Crippen molar-refractivity contribution >= 4 is 29.7 Å². The standard InChI is InChI=1S/C26H47N7O8.Gd/c27-5-6-28-26(41)21-3-1-20(2-4-21)15-29-22(34)16-30-7-9-31(17-23(35)36)11-13-33(19-25(39)40)14-12-32(10-8-30)18-24(37)38;/h20-21H,1-19,27H2,(H,28,41)(H,29,34)(H,35,36)(H,37,38)(H,39,40);/q;+3/p-3. The van der Waals surface area contributed by atoms with Crippen LogP contribution < -0.4 is 31.7 Å². The first-order valence-electron chi connectivity index (χ1n) is 14.3. The van der Waals surface area contributed by atoms with Gasteiger partial charge in [0, 0.05) is 97.5 Å². The second-order valence-corrected chi connectivity index (χ2v) is 10.8. The van der Waals surface area contributed by atoms with Crippen LogP contribution in [0.1, 0.15) is 25.7 Å². The third kappa shape index (κ3) is 16.4. The van der Waals surface area contributed by atoms with Crippen LogP contribution in [0.2, 0.25) is 0 Å². The van der Waals surface area contributed by atoms with Gasteiger partial charge in [0.1, 0.15) is 0 Å². The largest absolute Gasteiger partial charge is 3.00 e. The molecule has 0 bridgehead atoms. The summed E-state index contributed by atoms with van der Waals surface area (Å²) in [5, 5.41) is 39.6. The Morgan fingerprint density at radius 1 is 0.619 bits per heavy atom. The molecule has 0 aromatic rings. The Labute approximate surface area is 279 Å². The molecule has 16 heteroatoms. The van der Waals surface area contributed by atoms with Gasteiger partial charge < -0.3 is 46.1 Å². The van der Waals surface area contributed by atoms with E-state index in [9.17, 15) is 39.3 Å². The second-order valence-electron chi connectivity index (χ2n) is 10.8. The first-order valence-corrected chi connectivity index (χ1v) is 14.3. The summed E-state index contributed by atoms with van der Waals surface area (Å²) in [6.45, 7) is 2.55. The molecule has 0 unspecified atom stereocenters. The summed E-state index contributed by atoms with van der Waals surface area (Å²) >= 11 is 0. The van der Waals surface area contributed by atoms with Crippen molar-refractivity contribution in [1.29, 1.82) is 0 Å². The van der Waals surface area contributed by atoms with E-state index in [0.29, 0.717) is 32.7 Å². The van der Waals surface area contributed by atoms with Gasteiger partial charge in [0.15, 0.2) is 0 Å². The molecule has 1 radical (unpaired) electrons. The van der Waals surface area contributed by atoms with Gasteiger partial charge in [-0.05, 0) is 31.6 Å². The van der Waals surface area contributed by atoms with Crippen LogP contribution in [-0.4, -0.2) is 147 Å². The van der Waals surface area contributed by atoms with E-state index in [-0.39, 0.29) is 129 Å². The third-order valence-electron chi connectivity index (χ3n) is 7.60. The molecule has 0 atom stereocenters. The van der Waals surface area contributed by atoms with Gasteiger partial charge in [0.2, 0.25) is 11.8 Å². The molecule has 2 aliphatic rings. The van der Waals surface area contributed by atoms with Crippen LogP contribution in [0, 0.1) is 51.8 Å². The molecule has 1 aliphatic heterocycles. The molecule has 2 rings (SSSR count). The van der Waals surface area contributed by atoms with Crippen LogP contribution >= 0.6 is 0 Å². The predicted molar refractivity (Wildman–Crippen MR) is 141 cm³/mol. The van der Waals surface area contributed by atoms with Gasteiger partial charge in [-0.25, -0.2) is 0 Å². The van der Waals surface area contributed by atoms with E-state index in [1.54, 1.807) is 14.7 Å². The quantitative estimate of drug-likeness (QED) is 0.160. The zero-order valence-electron chi connectivity index (χ0n) is 24.1. The van der Waals surface area contributed by atoms with Crippen molar-refractivity contribution < 1.29 is 79.2 Å². The summed E-state index contributed by atoms with van der Waals surface area (Å²) in [6.07, 6.45) is 3.17. The van der Waals surface area contributed by atoms with Crippen molar-refractivity contribution in [3.05, 3.63) is 0 Å². The summed E-state index contributed by atoms with van der Waals surface area (Å²) in [5.74, 6) is -3.74. The number of amides is 2. The first-order chi connectivity index (χ1) is 19.5. The Kier molecular flexibility index (Phi) is 19.5. The van der Waals surface area contributed by atoms with E-state index in [0.717, 1.165) is 25.7 Å². The normalized spacial score (nSPS) is 22.1. The van der Waals surface area contributed by atoms with E-state index in [4.69, 9.17) is 5.73 Å². The van der Waals surface area contributed by atoms with Gasteiger partial charge in [-0.15, -0.1) is 0 Å². The topological polar surface area (TPSA) is 218 Å². The number of nitrogens with one attached hydrogen (secondary N) is 2. The molecule has 42 heavy (non-hydrogen) atoms. The molecule has 239 valence electrons. The maximum atomic E-state index is 12.9. The summed E-state index contributed by atoms with van der Waals surface area (Å²) in [7, 11) is 0. The van der Waals surface area contributed by atoms with E-state index in [2.05, 4.69) is 10.6 Å². The molecule has 0 spiro atoms. The Balaban J connectivity index is 0.00000882. The molecule has 1 heterocycles. The first kappa shape index (κ1) is 38.5. The van der Waals surface area contributed by atoms with Gasteiger partial charge in [-0.3, -0.25) is 29.2 Å². The van der Waals surface area contributed by atoms with Crippen molar-refractivity contribution in [2.75, 3.05) is 98.2 Å². The van der Waals surface area contributed by atoms with Gasteiger partial charge in [-0.1, -0.05) is 0 Å². The number of hydrogen-bond acceptors (Lipinski definition) is 13. The Hall–Kier alpha value is -1.53. The summed E-state index contributed by atoms with van der Waals surface area (Å²) in [4.78, 5) is 65.5. The molecule has 4 N–H and O–H groups in total. The molecule has 15 nitrogen and oxygen atoms in total. The molecule has 2 amide bonds. The molecular weight excluding hydrogens is 696 g/mol. The van der Waals surface area contributed by atoms with Crippen molar-refractivity contribution in [3.63, 3.8) is 0 Å². The summed E-state index contributed by atoms with van der Waals surface area (Å²) in [5.41, 5.74) is 5.44. The third-order valence-corrected chi connectivity index (χ3v) is 7.60. The number of hydrogen-bond donors (Lipinski definition) is 3. The van der Waals surface area contributed by atoms with Gasteiger partial charge in [0.05, 0.1) is 24.5 Å². The van der Waals surface area contributed by atoms with E-state index >= 15 is 0 Å². The van der Waals surface area contributed by atoms with Crippen LogP contribution in [0.4, 0.5) is 0 Å². The molecule has 0 aromatic heterocycles. The Bertz CT molecular complexity index is 844. The number of rotatable bonds is 13. The number of carbonyl (C=O) groups is 5. The number of carboxylic acids is 3. The second kappa shape index (κ2) is 21.2. The monoisotopic (exact) mass is 740 g/mol. The smallest absolute Gasteiger partial charge is 0.549 e. The molecular formula is C26H44GdN7O8. The fourth-order valence-electron chi connectivity index (χ4n) is 5.24. The average molecular weight is 740 g/mol. The number of carbonyl (C=O) groups excluding carboxylic acids is 5. The number of nitrogens with zero attached hydrogens (tertiary/aromatic N) is 4. The van der Waals surface area contributed by atoms with Crippen molar-refractivity contribution in [1.82, 2.24) is 30.2 Å². The van der Waals surface area contributed by atoms with Crippen LogP contribution in [0.15, 0.2) is 0 Å². The van der Waals surface area contributed by atoms with E-state index < -0.39 is 17.9 Å². The van der Waals surface area contributed by atoms with E-state index in [1.165, 1.54) is 0 Å². The molecule has 1 saturated heterocycles. The minimum Gasteiger partial charge on any atom is -0.549 e. The molecule has 1 aliphatic carbocycles. The summed E-state index contributed by atoms with van der Waals surface area (Å²) < 4.78 is 0. The zero-order chi connectivity index (χ0) is 30.2. The van der Waals surface area contributed by atoms with Crippen molar-refractivity contribution in [3.8, 4) is 0 Å². The van der Waals surface area contributed by atoms with Gasteiger partial charge in [0.25, 0.3) is 0 Å². The number of carboxylic acid groups (broad SMARTS) is 3. The Morgan fingerprint density at radius 2 is 1.00 bits per heavy atom. The van der Waals surface area contributed by atoms with Crippen LogP contribution in [0.5, 0.6) is 0 Å². The molecule has 1 saturated carbocycles. The maximum Gasteiger partial charge on any atom is 3.00 e. The van der Waals surface area contributed by atoms with Crippen LogP contribution in [0.3, 0.4) is 0 Å². The fourth-order valence-corrected chi connectivity index (χ4v) is 5.24. The SMILES string of the molecule is NCCNC(=O)C1CCC(CNC(=O)CN2CCN(CC(=O)[O-])CCN(CC(=O)[O-])CCN(CC(=O)[O-])CC2)CC1.[Gd+3]. The van der Waals surface area contributed by atoms with E-state index in [1.807, 2.05) is 4.90 Å². The predicted octanol–water partition coefficient (Wildman–Crippen LogP) is -6.54. The maximum absolute atomic E-state index is 12.9. The average Bonchev–Trinajstić information content (AvgIpc) is 2.91. The van der Waals surface area contributed by atoms with Crippen molar-refractivity contribution in [2.24, 2.45) is 17.6 Å². The molecule has 0 aromatic carbocycles. The molecule has 2 fully saturated rings. The summed E-state index contributed by atoms with van der Waals surface area (Å²) in [6, 6.07) is 0. The van der Waals surface area contributed by atoms with Crippen LogP contribution in [0.25, 0.3) is 0 Å². The minimum absolute atomic E-state index is 0. The Morgan fingerprint density at radius 3 is 1.36 bits per heavy atom. The fraction of sp³-hybridized carbons (Fsp3) is 0.808.